The largest absolute Gasteiger partial charge is 0.353 e. The number of carbonyl (C=O) groups is 1. The summed E-state index contributed by atoms with van der Waals surface area (Å²) in [5.41, 5.74) is 0. The fraction of sp³-hybridized carbons (Fsp3) is 0.909. The summed E-state index contributed by atoms with van der Waals surface area (Å²) in [5.74, 6) is 0.427. The van der Waals surface area contributed by atoms with Gasteiger partial charge in [0.1, 0.15) is 0 Å². The normalized spacial score (nSPS) is 21.1. The van der Waals surface area contributed by atoms with Gasteiger partial charge < -0.3 is 5.32 Å². The van der Waals surface area contributed by atoms with Crippen molar-refractivity contribution in [3.8, 4) is 0 Å². The molecule has 0 spiro atoms. The average Bonchev–Trinajstić information content (AvgIpc) is 2.18. The van der Waals surface area contributed by atoms with Crippen molar-refractivity contribution in [3.63, 3.8) is 0 Å². The molecule has 1 N–H and O–H groups in total. The molecule has 0 saturated heterocycles. The number of hydrogen-bond acceptors (Lipinski definition) is 1. The van der Waals surface area contributed by atoms with Crippen LogP contribution in [-0.2, 0) is 4.79 Å². The second kappa shape index (κ2) is 5.25. The van der Waals surface area contributed by atoms with Gasteiger partial charge in [0.05, 0.1) is 0 Å². The minimum atomic E-state index is 0.182. The first-order valence-electron chi connectivity index (χ1n) is 5.54. The molecule has 2 heteroatoms. The molecule has 13 heavy (non-hydrogen) atoms. The van der Waals surface area contributed by atoms with Gasteiger partial charge in [0.25, 0.3) is 0 Å². The number of rotatable bonds is 3. The van der Waals surface area contributed by atoms with Crippen molar-refractivity contribution in [2.45, 2.75) is 58.4 Å². The highest BCUT2D eigenvalue weighted by Crippen LogP contribution is 2.17. The maximum Gasteiger partial charge on any atom is 0.223 e. The molecule has 0 aliphatic heterocycles. The van der Waals surface area contributed by atoms with Gasteiger partial charge in [0.2, 0.25) is 5.91 Å². The Labute approximate surface area is 81.1 Å². The lowest BCUT2D eigenvalue weighted by atomic mass is 9.95. The number of nitrogens with one attached hydrogen (secondary N) is 1. The van der Waals surface area contributed by atoms with Crippen LogP contribution in [-0.4, -0.2) is 11.9 Å². The quantitative estimate of drug-likeness (QED) is 0.715. The van der Waals surface area contributed by atoms with E-state index in [0.29, 0.717) is 6.04 Å². The van der Waals surface area contributed by atoms with Crippen molar-refractivity contribution >= 4 is 5.91 Å². The molecule has 0 radical (unpaired) electrons. The van der Waals surface area contributed by atoms with Crippen LogP contribution in [0.3, 0.4) is 0 Å². The highest BCUT2D eigenvalue weighted by atomic mass is 16.1. The van der Waals surface area contributed by atoms with Gasteiger partial charge in [0, 0.05) is 12.0 Å². The van der Waals surface area contributed by atoms with Crippen LogP contribution in [0.2, 0.25) is 0 Å². The molecule has 0 bridgehead atoms. The van der Waals surface area contributed by atoms with E-state index in [0.717, 1.165) is 6.42 Å². The van der Waals surface area contributed by atoms with Crippen molar-refractivity contribution < 1.29 is 4.79 Å². The Morgan fingerprint density at radius 3 is 2.54 bits per heavy atom. The molecule has 1 unspecified atom stereocenters. The fourth-order valence-electron chi connectivity index (χ4n) is 1.78. The number of carbonyl (C=O) groups excluding carboxylic acids is 1. The second-order valence-corrected chi connectivity index (χ2v) is 4.15. The third kappa shape index (κ3) is 3.37. The topological polar surface area (TPSA) is 29.1 Å². The minimum absolute atomic E-state index is 0.182. The molecular formula is C11H21NO. The molecule has 0 heterocycles. The lowest BCUT2D eigenvalue weighted by Crippen LogP contribution is -2.39. The molecular weight excluding hydrogens is 162 g/mol. The van der Waals surface area contributed by atoms with Gasteiger partial charge in [0.15, 0.2) is 0 Å². The van der Waals surface area contributed by atoms with Crippen molar-refractivity contribution in [1.82, 2.24) is 5.32 Å². The van der Waals surface area contributed by atoms with E-state index in [-0.39, 0.29) is 11.8 Å². The Morgan fingerprint density at radius 2 is 2.00 bits per heavy atom. The zero-order valence-electron chi connectivity index (χ0n) is 8.81. The second-order valence-electron chi connectivity index (χ2n) is 4.15. The smallest absolute Gasteiger partial charge is 0.223 e. The summed E-state index contributed by atoms with van der Waals surface area (Å²) in [4.78, 5) is 11.5. The van der Waals surface area contributed by atoms with Gasteiger partial charge in [-0.1, -0.05) is 33.1 Å². The van der Waals surface area contributed by atoms with Gasteiger partial charge in [-0.15, -0.1) is 0 Å². The van der Waals surface area contributed by atoms with Crippen molar-refractivity contribution in [2.24, 2.45) is 5.92 Å². The zero-order chi connectivity index (χ0) is 9.68. The zero-order valence-corrected chi connectivity index (χ0v) is 8.81. The van der Waals surface area contributed by atoms with Gasteiger partial charge in [-0.05, 0) is 19.3 Å². The lowest BCUT2D eigenvalue weighted by Gasteiger charge is -2.24. The molecule has 1 amide bonds. The Balaban J connectivity index is 2.26. The van der Waals surface area contributed by atoms with Crippen LogP contribution in [0.4, 0.5) is 0 Å². The monoisotopic (exact) mass is 183 g/mol. The van der Waals surface area contributed by atoms with Crippen LogP contribution < -0.4 is 5.32 Å². The summed E-state index contributed by atoms with van der Waals surface area (Å²) in [6.07, 6.45) is 7.22. The van der Waals surface area contributed by atoms with Crippen LogP contribution in [0.25, 0.3) is 0 Å². The molecule has 1 rings (SSSR count). The van der Waals surface area contributed by atoms with Crippen molar-refractivity contribution in [2.75, 3.05) is 0 Å². The summed E-state index contributed by atoms with van der Waals surface area (Å²) < 4.78 is 0. The van der Waals surface area contributed by atoms with Gasteiger partial charge in [-0.3, -0.25) is 4.79 Å². The Morgan fingerprint density at radius 1 is 1.38 bits per heavy atom. The molecule has 1 aliphatic carbocycles. The van der Waals surface area contributed by atoms with E-state index in [9.17, 15) is 4.79 Å². The molecule has 1 aliphatic rings. The van der Waals surface area contributed by atoms with E-state index in [2.05, 4.69) is 12.2 Å². The van der Waals surface area contributed by atoms with Gasteiger partial charge in [-0.2, -0.15) is 0 Å². The first-order valence-corrected chi connectivity index (χ1v) is 5.54. The Hall–Kier alpha value is -0.530. The van der Waals surface area contributed by atoms with Crippen LogP contribution in [0.5, 0.6) is 0 Å². The van der Waals surface area contributed by atoms with Crippen molar-refractivity contribution in [3.05, 3.63) is 0 Å². The summed E-state index contributed by atoms with van der Waals surface area (Å²) in [6, 6.07) is 0.468. The van der Waals surface area contributed by atoms with Crippen LogP contribution in [0.1, 0.15) is 52.4 Å². The third-order valence-corrected chi connectivity index (χ3v) is 3.01. The molecule has 0 aromatic rings. The maximum atomic E-state index is 11.5. The lowest BCUT2D eigenvalue weighted by molar-refractivity contribution is -0.125. The van der Waals surface area contributed by atoms with E-state index in [4.69, 9.17) is 0 Å². The number of hydrogen-bond donors (Lipinski definition) is 1. The summed E-state index contributed by atoms with van der Waals surface area (Å²) in [6.45, 7) is 4.06. The molecule has 0 aromatic carbocycles. The third-order valence-electron chi connectivity index (χ3n) is 3.01. The predicted molar refractivity (Wildman–Crippen MR) is 54.5 cm³/mol. The molecule has 1 saturated carbocycles. The highest BCUT2D eigenvalue weighted by Gasteiger charge is 2.18. The van der Waals surface area contributed by atoms with E-state index < -0.39 is 0 Å². The highest BCUT2D eigenvalue weighted by molar-refractivity contribution is 5.78. The molecule has 0 aromatic heterocycles. The van der Waals surface area contributed by atoms with E-state index in [1.165, 1.54) is 32.1 Å². The first kappa shape index (κ1) is 10.6. The molecule has 2 nitrogen and oxygen atoms in total. The fourth-order valence-corrected chi connectivity index (χ4v) is 1.78. The maximum absolute atomic E-state index is 11.5. The average molecular weight is 183 g/mol. The predicted octanol–water partition coefficient (Wildman–Crippen LogP) is 2.48. The Bertz CT molecular complexity index is 161. The van der Waals surface area contributed by atoms with Crippen LogP contribution in [0, 0.1) is 5.92 Å². The summed E-state index contributed by atoms with van der Waals surface area (Å²) >= 11 is 0. The molecule has 1 fully saturated rings. The van der Waals surface area contributed by atoms with E-state index in [1.54, 1.807) is 0 Å². The van der Waals surface area contributed by atoms with Gasteiger partial charge >= 0.3 is 0 Å². The first-order chi connectivity index (χ1) is 6.24. The van der Waals surface area contributed by atoms with E-state index >= 15 is 0 Å². The van der Waals surface area contributed by atoms with Crippen LogP contribution >= 0.6 is 0 Å². The summed E-state index contributed by atoms with van der Waals surface area (Å²) in [5, 5.41) is 3.13. The number of amides is 1. The minimum Gasteiger partial charge on any atom is -0.353 e. The van der Waals surface area contributed by atoms with Gasteiger partial charge in [-0.25, -0.2) is 0 Å². The van der Waals surface area contributed by atoms with Crippen molar-refractivity contribution in [1.29, 1.82) is 0 Å². The van der Waals surface area contributed by atoms with E-state index in [1.807, 2.05) is 6.92 Å². The standard InChI is InChI=1S/C11H21NO/c1-3-9(2)11(13)12-10-7-5-4-6-8-10/h9-10H,3-8H2,1-2H3,(H,12,13). The molecule has 1 atom stereocenters. The Kier molecular flexibility index (Phi) is 4.26. The molecule has 76 valence electrons. The summed E-state index contributed by atoms with van der Waals surface area (Å²) in [7, 11) is 0. The van der Waals surface area contributed by atoms with Crippen LogP contribution in [0.15, 0.2) is 0 Å². The SMILES string of the molecule is CCC(C)C(=O)NC1CCCCC1.